The number of nitrogen functional groups attached to an aromatic ring is 1. The van der Waals surface area contributed by atoms with Crippen molar-refractivity contribution in [3.8, 4) is 22.3 Å². The lowest BCUT2D eigenvalue weighted by Crippen LogP contribution is -2.09. The summed E-state index contributed by atoms with van der Waals surface area (Å²) in [4.78, 5) is 2.29. The van der Waals surface area contributed by atoms with Crippen molar-refractivity contribution < 1.29 is 4.42 Å². The predicted octanol–water partition coefficient (Wildman–Crippen LogP) is 13.3. The number of furan rings is 1. The van der Waals surface area contributed by atoms with Gasteiger partial charge in [0.05, 0.1) is 0 Å². The van der Waals surface area contributed by atoms with Gasteiger partial charge in [0, 0.05) is 28.0 Å². The van der Waals surface area contributed by atoms with Crippen LogP contribution in [0.2, 0.25) is 0 Å². The van der Waals surface area contributed by atoms with E-state index in [0.717, 1.165) is 33.6 Å². The van der Waals surface area contributed by atoms with Crippen LogP contribution in [0.1, 0.15) is 12.5 Å². The minimum absolute atomic E-state index is 0.426. The van der Waals surface area contributed by atoms with Gasteiger partial charge in [-0.2, -0.15) is 0 Å². The molecule has 0 radical (unpaired) electrons. The first-order valence-corrected chi connectivity index (χ1v) is 17.0. The second kappa shape index (κ2) is 12.1. The smallest absolute Gasteiger partial charge is 0.198 e. The number of hydrogen-bond acceptors (Lipinski definition) is 3. The van der Waals surface area contributed by atoms with Crippen LogP contribution in [0.3, 0.4) is 0 Å². The molecule has 50 heavy (non-hydrogen) atoms. The average molecular weight is 643 g/mol. The molecule has 0 aliphatic carbocycles. The highest BCUT2D eigenvalue weighted by Gasteiger charge is 2.17. The quantitative estimate of drug-likeness (QED) is 0.184. The lowest BCUT2D eigenvalue weighted by Gasteiger charge is -2.26. The van der Waals surface area contributed by atoms with E-state index in [4.69, 9.17) is 10.2 Å². The van der Waals surface area contributed by atoms with Gasteiger partial charge in [0.2, 0.25) is 0 Å². The third kappa shape index (κ3) is 5.08. The normalized spacial score (nSPS) is 11.7. The van der Waals surface area contributed by atoms with Crippen LogP contribution < -0.4 is 10.6 Å². The fourth-order valence-electron chi connectivity index (χ4n) is 7.28. The number of hydrogen-bond donors (Lipinski definition) is 1. The van der Waals surface area contributed by atoms with Crippen molar-refractivity contribution in [1.29, 1.82) is 0 Å². The molecule has 1 aromatic heterocycles. The number of allylic oxidation sites excluding steroid dienone is 1. The minimum Gasteiger partial charge on any atom is -0.440 e. The monoisotopic (exact) mass is 642 g/mol. The molecule has 0 aliphatic heterocycles. The lowest BCUT2D eigenvalue weighted by atomic mass is 9.94. The predicted molar refractivity (Wildman–Crippen MR) is 213 cm³/mol. The summed E-state index contributed by atoms with van der Waals surface area (Å²) in [6.07, 6.45) is 4.00. The van der Waals surface area contributed by atoms with Gasteiger partial charge in [-0.25, -0.2) is 0 Å². The minimum atomic E-state index is 0.426. The number of nitrogens with zero attached hydrogens (tertiary/aromatic N) is 1. The number of benzene rings is 8. The molecule has 0 amide bonds. The molecule has 0 bridgehead atoms. The summed E-state index contributed by atoms with van der Waals surface area (Å²) in [5.41, 5.74) is 15.8. The first-order valence-electron chi connectivity index (χ1n) is 17.0. The second-order valence-electron chi connectivity index (χ2n) is 12.7. The largest absolute Gasteiger partial charge is 0.440 e. The second-order valence-corrected chi connectivity index (χ2v) is 12.7. The first-order chi connectivity index (χ1) is 24.6. The molecule has 0 saturated heterocycles. The SMILES string of the molecule is C/C=C\c1c(N)oc2ccc(N(c3ccc(-c4ccccc4)cc3)c3ccc(-c4ccc5ccc6c7ccccc7ccc6c5c4)cc3)cc12. The molecular weight excluding hydrogens is 609 g/mol. The van der Waals surface area contributed by atoms with E-state index < -0.39 is 0 Å². The average Bonchev–Trinajstić information content (AvgIpc) is 3.49. The van der Waals surface area contributed by atoms with Crippen LogP contribution in [0, 0.1) is 0 Å². The molecule has 0 atom stereocenters. The molecule has 0 saturated carbocycles. The van der Waals surface area contributed by atoms with Crippen LogP contribution in [0.25, 0.3) is 71.6 Å². The zero-order valence-electron chi connectivity index (χ0n) is 27.7. The Morgan fingerprint density at radius 3 is 1.74 bits per heavy atom. The van der Waals surface area contributed by atoms with Crippen molar-refractivity contribution in [2.45, 2.75) is 6.92 Å². The van der Waals surface area contributed by atoms with Crippen LogP contribution >= 0.6 is 0 Å². The van der Waals surface area contributed by atoms with E-state index in [1.54, 1.807) is 0 Å². The summed E-state index contributed by atoms with van der Waals surface area (Å²) in [6, 6.07) is 58.8. The molecule has 0 aliphatic rings. The Morgan fingerprint density at radius 1 is 0.460 bits per heavy atom. The number of rotatable bonds is 6. The zero-order valence-corrected chi connectivity index (χ0v) is 27.7. The lowest BCUT2D eigenvalue weighted by molar-refractivity contribution is 0.636. The zero-order chi connectivity index (χ0) is 33.6. The van der Waals surface area contributed by atoms with E-state index >= 15 is 0 Å². The molecule has 238 valence electrons. The summed E-state index contributed by atoms with van der Waals surface area (Å²) in [5.74, 6) is 0.426. The summed E-state index contributed by atoms with van der Waals surface area (Å²) in [5, 5.41) is 8.59. The van der Waals surface area contributed by atoms with Crippen LogP contribution in [-0.2, 0) is 0 Å². The molecule has 3 heteroatoms. The topological polar surface area (TPSA) is 42.4 Å². The number of fused-ring (bicyclic) bond motifs is 6. The maximum Gasteiger partial charge on any atom is 0.198 e. The molecule has 0 fully saturated rings. The van der Waals surface area contributed by atoms with Gasteiger partial charge >= 0.3 is 0 Å². The number of nitrogens with two attached hydrogens (primary N) is 1. The Kier molecular flexibility index (Phi) is 7.18. The third-order valence-electron chi connectivity index (χ3n) is 9.77. The van der Waals surface area contributed by atoms with Gasteiger partial charge in [0.25, 0.3) is 0 Å². The summed E-state index contributed by atoms with van der Waals surface area (Å²) in [7, 11) is 0. The van der Waals surface area contributed by atoms with E-state index in [1.165, 1.54) is 54.6 Å². The van der Waals surface area contributed by atoms with Gasteiger partial charge in [-0.05, 0) is 110 Å². The Bertz CT molecular complexity index is 2700. The maximum atomic E-state index is 6.29. The van der Waals surface area contributed by atoms with Crippen molar-refractivity contribution in [3.63, 3.8) is 0 Å². The Morgan fingerprint density at radius 2 is 1.02 bits per heavy atom. The van der Waals surface area contributed by atoms with Gasteiger partial charge in [-0.15, -0.1) is 0 Å². The van der Waals surface area contributed by atoms with Crippen LogP contribution in [-0.4, -0.2) is 0 Å². The number of anilines is 4. The standard InChI is InChI=1S/C47H34N2O/c1-2-8-43-45-30-39(25-28-46(45)50-47(43)48)49(37-21-15-32(16-22-37)31-9-4-3-5-10-31)38-23-17-33(18-24-38)36-14-13-35-20-26-41-40-12-7-6-11-34(40)19-27-42(41)44(35)29-36/h2-30H,48H2,1H3/b8-2-. The van der Waals surface area contributed by atoms with Crippen molar-refractivity contribution in [2.24, 2.45) is 0 Å². The van der Waals surface area contributed by atoms with Crippen molar-refractivity contribution >= 4 is 72.3 Å². The Labute approximate surface area is 291 Å². The van der Waals surface area contributed by atoms with Crippen LogP contribution in [0.5, 0.6) is 0 Å². The summed E-state index contributed by atoms with van der Waals surface area (Å²) < 4.78 is 5.91. The summed E-state index contributed by atoms with van der Waals surface area (Å²) in [6.45, 7) is 1.99. The van der Waals surface area contributed by atoms with Crippen molar-refractivity contribution in [2.75, 3.05) is 10.6 Å². The highest BCUT2D eigenvalue weighted by atomic mass is 16.3. The van der Waals surface area contributed by atoms with E-state index in [1.807, 2.05) is 31.2 Å². The fourth-order valence-corrected chi connectivity index (χ4v) is 7.28. The van der Waals surface area contributed by atoms with Crippen LogP contribution in [0.4, 0.5) is 22.9 Å². The van der Waals surface area contributed by atoms with E-state index in [0.29, 0.717) is 5.88 Å². The molecule has 8 aromatic carbocycles. The maximum absolute atomic E-state index is 6.29. The third-order valence-corrected chi connectivity index (χ3v) is 9.77. The molecule has 2 N–H and O–H groups in total. The molecule has 9 aromatic rings. The highest BCUT2D eigenvalue weighted by molar-refractivity contribution is 6.17. The molecule has 3 nitrogen and oxygen atoms in total. The Balaban J connectivity index is 1.14. The van der Waals surface area contributed by atoms with Gasteiger partial charge in [0.1, 0.15) is 5.58 Å². The van der Waals surface area contributed by atoms with Gasteiger partial charge in [-0.3, -0.25) is 0 Å². The summed E-state index contributed by atoms with van der Waals surface area (Å²) >= 11 is 0. The molecule has 9 rings (SSSR count). The van der Waals surface area contributed by atoms with E-state index in [2.05, 4.69) is 157 Å². The van der Waals surface area contributed by atoms with Crippen molar-refractivity contribution in [1.82, 2.24) is 0 Å². The van der Waals surface area contributed by atoms with E-state index in [9.17, 15) is 0 Å². The molecule has 1 heterocycles. The molecular formula is C47H34N2O. The first kappa shape index (κ1) is 29.6. The van der Waals surface area contributed by atoms with Gasteiger partial charge in [0.15, 0.2) is 5.88 Å². The molecule has 0 unspecified atom stereocenters. The highest BCUT2D eigenvalue weighted by Crippen LogP contribution is 2.41. The molecule has 0 spiro atoms. The van der Waals surface area contributed by atoms with Crippen molar-refractivity contribution in [3.05, 3.63) is 175 Å². The van der Waals surface area contributed by atoms with Gasteiger partial charge < -0.3 is 15.1 Å². The van der Waals surface area contributed by atoms with Gasteiger partial charge in [-0.1, -0.05) is 127 Å². The van der Waals surface area contributed by atoms with Crippen LogP contribution in [0.15, 0.2) is 174 Å². The fraction of sp³-hybridized carbons (Fsp3) is 0.0213. The van der Waals surface area contributed by atoms with E-state index in [-0.39, 0.29) is 0 Å². The Hall–Kier alpha value is -6.58.